The Labute approximate surface area is 267 Å². The minimum Gasteiger partial charge on any atom is -0.481 e. The lowest BCUT2D eigenvalue weighted by Crippen LogP contribution is -2.53. The maximum atomic E-state index is 13.6. The third-order valence-corrected chi connectivity index (χ3v) is 6.39. The van der Waals surface area contributed by atoms with Gasteiger partial charge in [0.2, 0.25) is 17.7 Å². The summed E-state index contributed by atoms with van der Waals surface area (Å²) in [4.78, 5) is 58.8. The van der Waals surface area contributed by atoms with Crippen LogP contribution >= 0.6 is 0 Å². The quantitative estimate of drug-likeness (QED) is 0.0673. The van der Waals surface area contributed by atoms with Gasteiger partial charge in [-0.2, -0.15) is 13.2 Å². The summed E-state index contributed by atoms with van der Waals surface area (Å²) in [5.74, 6) is -7.00. The van der Waals surface area contributed by atoms with Gasteiger partial charge in [0.1, 0.15) is 17.9 Å². The molecule has 0 fully saturated rings. The molecule has 0 aromatic heterocycles. The van der Waals surface area contributed by atoms with Gasteiger partial charge in [0.15, 0.2) is 5.96 Å². The van der Waals surface area contributed by atoms with E-state index in [0.717, 1.165) is 5.56 Å². The molecule has 2 aromatic rings. The van der Waals surface area contributed by atoms with E-state index in [1.807, 2.05) is 0 Å². The van der Waals surface area contributed by atoms with Crippen LogP contribution in [-0.2, 0) is 30.4 Å². The summed E-state index contributed by atoms with van der Waals surface area (Å²) in [6, 6.07) is 13.5. The van der Waals surface area contributed by atoms with Gasteiger partial charge in [-0.05, 0) is 36.8 Å². The molecule has 13 N–H and O–H groups in total. The van der Waals surface area contributed by atoms with Gasteiger partial charge in [-0.25, -0.2) is 4.79 Å². The van der Waals surface area contributed by atoms with Crippen molar-refractivity contribution in [1.82, 2.24) is 16.0 Å². The van der Waals surface area contributed by atoms with Crippen LogP contribution in [0.25, 0.3) is 0 Å². The van der Waals surface area contributed by atoms with Crippen LogP contribution in [0.3, 0.4) is 0 Å². The molecule has 2 unspecified atom stereocenters. The van der Waals surface area contributed by atoms with Crippen molar-refractivity contribution in [3.8, 4) is 0 Å². The number of amidine groups is 1. The number of hydrogen-bond acceptors (Lipinski definition) is 7. The van der Waals surface area contributed by atoms with Gasteiger partial charge < -0.3 is 43.4 Å². The number of nitrogens with two attached hydrogens (primary N) is 3. The summed E-state index contributed by atoms with van der Waals surface area (Å²) in [5, 5.41) is 38.8. The lowest BCUT2D eigenvalue weighted by molar-refractivity contribution is -0.192. The number of guanidine groups is 1. The highest BCUT2D eigenvalue weighted by Gasteiger charge is 2.38. The molecule has 0 spiro atoms. The zero-order chi connectivity index (χ0) is 35.7. The Morgan fingerprint density at radius 3 is 1.83 bits per heavy atom. The summed E-state index contributed by atoms with van der Waals surface area (Å²) in [6.07, 6.45) is -4.93. The molecule has 0 saturated heterocycles. The summed E-state index contributed by atoms with van der Waals surface area (Å²) in [6.45, 7) is 0.278. The SMILES string of the molecule is N=C(N)NCCCC(NC(=O)C(CCC(=O)O)NC(=O)[C@@H](Cc1ccc(C(=N)N)cc1)c1ccccc1)C(N)=O.O=C(O)C(F)(F)F. The number of carbonyl (C=O) groups is 5. The second kappa shape index (κ2) is 19.0. The molecule has 3 amide bonds. The summed E-state index contributed by atoms with van der Waals surface area (Å²) >= 11 is 0. The minimum absolute atomic E-state index is 0.0828. The fourth-order valence-corrected chi connectivity index (χ4v) is 4.00. The molecule has 18 heteroatoms. The van der Waals surface area contributed by atoms with E-state index in [2.05, 4.69) is 16.0 Å². The fraction of sp³-hybridized carbons (Fsp3) is 0.345. The Hall–Kier alpha value is -5.68. The van der Waals surface area contributed by atoms with Crippen molar-refractivity contribution in [1.29, 1.82) is 10.8 Å². The van der Waals surface area contributed by atoms with Gasteiger partial charge in [0.05, 0.1) is 5.92 Å². The average Bonchev–Trinajstić information content (AvgIpc) is 2.99. The first-order valence-corrected chi connectivity index (χ1v) is 13.9. The summed E-state index contributed by atoms with van der Waals surface area (Å²) in [7, 11) is 0. The van der Waals surface area contributed by atoms with E-state index in [-0.39, 0.29) is 37.6 Å². The number of carboxylic acid groups (broad SMARTS) is 2. The molecule has 47 heavy (non-hydrogen) atoms. The first-order chi connectivity index (χ1) is 21.9. The number of halogens is 3. The van der Waals surface area contributed by atoms with Gasteiger partial charge >= 0.3 is 18.1 Å². The van der Waals surface area contributed by atoms with Crippen LogP contribution in [0.5, 0.6) is 0 Å². The number of alkyl halides is 3. The Morgan fingerprint density at radius 1 is 0.809 bits per heavy atom. The lowest BCUT2D eigenvalue weighted by Gasteiger charge is -2.24. The Balaban J connectivity index is 0.00000141. The first kappa shape index (κ1) is 39.3. The van der Waals surface area contributed by atoms with Crippen LogP contribution in [0.1, 0.15) is 48.3 Å². The molecule has 0 bridgehead atoms. The molecular formula is C29H37F3N8O7. The number of hydrogen-bond donors (Lipinski definition) is 10. The van der Waals surface area contributed by atoms with E-state index >= 15 is 0 Å². The van der Waals surface area contributed by atoms with Crippen LogP contribution in [0.2, 0.25) is 0 Å². The third kappa shape index (κ3) is 15.2. The fourth-order valence-electron chi connectivity index (χ4n) is 4.00. The number of benzene rings is 2. The Morgan fingerprint density at radius 2 is 1.36 bits per heavy atom. The van der Waals surface area contributed by atoms with Crippen molar-refractivity contribution in [2.75, 3.05) is 6.54 Å². The minimum atomic E-state index is -5.08. The van der Waals surface area contributed by atoms with E-state index in [1.165, 1.54) is 0 Å². The van der Waals surface area contributed by atoms with E-state index in [1.54, 1.807) is 54.6 Å². The molecule has 0 radical (unpaired) electrons. The largest absolute Gasteiger partial charge is 0.490 e. The van der Waals surface area contributed by atoms with E-state index < -0.39 is 60.3 Å². The molecular weight excluding hydrogens is 629 g/mol. The number of rotatable bonds is 16. The van der Waals surface area contributed by atoms with Gasteiger partial charge in [0, 0.05) is 18.5 Å². The monoisotopic (exact) mass is 666 g/mol. The topological polar surface area (TPSA) is 288 Å². The van der Waals surface area contributed by atoms with Gasteiger partial charge in [0.25, 0.3) is 0 Å². The van der Waals surface area contributed by atoms with Crippen LogP contribution < -0.4 is 33.2 Å². The molecule has 0 aliphatic rings. The molecule has 0 heterocycles. The van der Waals surface area contributed by atoms with Crippen molar-refractivity contribution in [3.05, 3.63) is 71.3 Å². The second-order valence-electron chi connectivity index (χ2n) is 10.0. The zero-order valence-electron chi connectivity index (χ0n) is 25.0. The molecule has 0 saturated carbocycles. The highest BCUT2D eigenvalue weighted by atomic mass is 19.4. The number of primary amides is 1. The predicted octanol–water partition coefficient (Wildman–Crippen LogP) is 0.513. The van der Waals surface area contributed by atoms with E-state index in [4.69, 9.17) is 37.9 Å². The molecule has 0 aliphatic carbocycles. The number of nitrogen functional groups attached to an aromatic ring is 1. The number of carboxylic acids is 2. The first-order valence-electron chi connectivity index (χ1n) is 13.9. The van der Waals surface area contributed by atoms with Crippen LogP contribution in [0, 0.1) is 10.8 Å². The van der Waals surface area contributed by atoms with Gasteiger partial charge in [-0.15, -0.1) is 0 Å². The van der Waals surface area contributed by atoms with Crippen molar-refractivity contribution >= 4 is 41.5 Å². The molecule has 0 aliphatic heterocycles. The van der Waals surface area contributed by atoms with Crippen molar-refractivity contribution < 1.29 is 47.4 Å². The van der Waals surface area contributed by atoms with Crippen molar-refractivity contribution in [3.63, 3.8) is 0 Å². The van der Waals surface area contributed by atoms with E-state index in [0.29, 0.717) is 17.5 Å². The average molecular weight is 667 g/mol. The maximum Gasteiger partial charge on any atom is 0.490 e. The highest BCUT2D eigenvalue weighted by Crippen LogP contribution is 2.22. The summed E-state index contributed by atoms with van der Waals surface area (Å²) < 4.78 is 31.7. The zero-order valence-corrected chi connectivity index (χ0v) is 25.0. The number of aliphatic carboxylic acids is 2. The maximum absolute atomic E-state index is 13.6. The van der Waals surface area contributed by atoms with Crippen LogP contribution in [0.15, 0.2) is 54.6 Å². The molecule has 2 rings (SSSR count). The van der Waals surface area contributed by atoms with Crippen LogP contribution in [0.4, 0.5) is 13.2 Å². The number of nitrogens with one attached hydrogen (secondary N) is 5. The number of amides is 3. The van der Waals surface area contributed by atoms with Gasteiger partial charge in [-0.3, -0.25) is 30.0 Å². The third-order valence-electron chi connectivity index (χ3n) is 6.39. The molecule has 3 atom stereocenters. The molecule has 15 nitrogen and oxygen atoms in total. The Bertz CT molecular complexity index is 1410. The standard InChI is InChI=1S/C27H36N8O5.C2HF3O2/c28-23(29)18-10-8-16(9-11-18)15-19(17-5-2-1-3-6-17)25(39)35-21(12-13-22(36)37)26(40)34-20(24(30)38)7-4-14-33-27(31)32;3-2(4,5)1(6)7/h1-3,5-6,8-11,19-21H,4,7,12-15H2,(H3,28,29)(H2,30,38)(H,34,40)(H,35,39)(H,36,37)(H4,31,32,33);(H,6,7)/t19-,20?,21?;/m0./s1. The second-order valence-corrected chi connectivity index (χ2v) is 10.0. The lowest BCUT2D eigenvalue weighted by atomic mass is 9.90. The predicted molar refractivity (Wildman–Crippen MR) is 163 cm³/mol. The molecule has 2 aromatic carbocycles. The summed E-state index contributed by atoms with van der Waals surface area (Å²) in [5.41, 5.74) is 18.2. The van der Waals surface area contributed by atoms with Gasteiger partial charge in [-0.1, -0.05) is 54.6 Å². The smallest absolute Gasteiger partial charge is 0.481 e. The van der Waals surface area contributed by atoms with E-state index in [9.17, 15) is 37.5 Å². The molecule has 256 valence electrons. The van der Waals surface area contributed by atoms with Crippen LogP contribution in [-0.4, -0.2) is 76.5 Å². The Kier molecular flexibility index (Phi) is 15.9. The number of carbonyl (C=O) groups excluding carboxylic acids is 3. The normalized spacial score (nSPS) is 12.6. The van der Waals surface area contributed by atoms with Crippen molar-refractivity contribution in [2.24, 2.45) is 17.2 Å². The highest BCUT2D eigenvalue weighted by molar-refractivity contribution is 5.95. The van der Waals surface area contributed by atoms with Crippen molar-refractivity contribution in [2.45, 2.75) is 56.3 Å².